The van der Waals surface area contributed by atoms with Crippen molar-refractivity contribution in [3.63, 3.8) is 0 Å². The van der Waals surface area contributed by atoms with Crippen molar-refractivity contribution in [2.45, 2.75) is 11.9 Å². The SMILES string of the molecule is CC1=CC([SeH])N(c2ccccc2)N1C. The molecule has 1 aliphatic rings. The van der Waals surface area contributed by atoms with Crippen LogP contribution in [0.4, 0.5) is 5.69 Å². The van der Waals surface area contributed by atoms with Gasteiger partial charge in [0.2, 0.25) is 0 Å². The fraction of sp³-hybridized carbons (Fsp3) is 0.273. The van der Waals surface area contributed by atoms with Gasteiger partial charge in [-0.25, -0.2) is 0 Å². The molecule has 1 aliphatic heterocycles. The van der Waals surface area contributed by atoms with E-state index in [0.29, 0.717) is 4.94 Å². The Kier molecular flexibility index (Phi) is 2.53. The maximum atomic E-state index is 2.68. The molecule has 0 aromatic heterocycles. The third kappa shape index (κ3) is 1.54. The van der Waals surface area contributed by atoms with Crippen molar-refractivity contribution in [3.05, 3.63) is 42.1 Å². The van der Waals surface area contributed by atoms with Crippen molar-refractivity contribution in [2.75, 3.05) is 12.1 Å². The van der Waals surface area contributed by atoms with E-state index in [9.17, 15) is 0 Å². The Morgan fingerprint density at radius 2 is 1.86 bits per heavy atom. The summed E-state index contributed by atoms with van der Waals surface area (Å²) < 4.78 is 0. The van der Waals surface area contributed by atoms with Gasteiger partial charge < -0.3 is 0 Å². The molecule has 0 radical (unpaired) electrons. The predicted molar refractivity (Wildman–Crippen MR) is 61.4 cm³/mol. The number of rotatable bonds is 1. The molecule has 2 nitrogen and oxygen atoms in total. The van der Waals surface area contributed by atoms with Gasteiger partial charge in [-0.1, -0.05) is 0 Å². The first-order valence-electron chi connectivity index (χ1n) is 4.64. The number of hydrazine groups is 1. The molecule has 0 N–H and O–H groups in total. The van der Waals surface area contributed by atoms with Gasteiger partial charge in [0.15, 0.2) is 0 Å². The van der Waals surface area contributed by atoms with Gasteiger partial charge in [-0.15, -0.1) is 0 Å². The summed E-state index contributed by atoms with van der Waals surface area (Å²) in [6.45, 7) is 2.13. The Balaban J connectivity index is 2.30. The van der Waals surface area contributed by atoms with Crippen LogP contribution in [-0.2, 0) is 0 Å². The summed E-state index contributed by atoms with van der Waals surface area (Å²) in [5.41, 5.74) is 2.52. The van der Waals surface area contributed by atoms with Gasteiger partial charge in [0.1, 0.15) is 0 Å². The Labute approximate surface area is 93.0 Å². The van der Waals surface area contributed by atoms with Crippen LogP contribution in [0, 0.1) is 0 Å². The van der Waals surface area contributed by atoms with E-state index >= 15 is 0 Å². The van der Waals surface area contributed by atoms with E-state index in [1.807, 2.05) is 6.07 Å². The first kappa shape index (κ1) is 9.63. The van der Waals surface area contributed by atoms with Crippen LogP contribution in [0.2, 0.25) is 0 Å². The van der Waals surface area contributed by atoms with E-state index in [0.717, 1.165) is 0 Å². The average molecular weight is 253 g/mol. The molecule has 0 aliphatic carbocycles. The minimum absolute atomic E-state index is 0.384. The van der Waals surface area contributed by atoms with Gasteiger partial charge in [-0.05, 0) is 0 Å². The topological polar surface area (TPSA) is 6.48 Å². The third-order valence-corrected chi connectivity index (χ3v) is 3.27. The molecule has 0 saturated heterocycles. The Morgan fingerprint density at radius 3 is 2.36 bits per heavy atom. The van der Waals surface area contributed by atoms with Gasteiger partial charge in [-0.2, -0.15) is 0 Å². The van der Waals surface area contributed by atoms with E-state index < -0.39 is 0 Å². The first-order chi connectivity index (χ1) is 6.70. The standard InChI is InChI=1S/C11H14N2Se/c1-9-8-11(14)13(12(9)2)10-6-4-3-5-7-10/h3-8,11,14H,1-2H3. The van der Waals surface area contributed by atoms with Gasteiger partial charge in [-0.3, -0.25) is 0 Å². The van der Waals surface area contributed by atoms with Crippen LogP contribution in [0.15, 0.2) is 42.1 Å². The molecule has 3 heteroatoms. The summed E-state index contributed by atoms with van der Waals surface area (Å²) in [5, 5.41) is 4.44. The molecule has 0 fully saturated rings. The number of benzene rings is 1. The summed E-state index contributed by atoms with van der Waals surface area (Å²) in [5.74, 6) is 0. The van der Waals surface area contributed by atoms with Crippen molar-refractivity contribution in [2.24, 2.45) is 0 Å². The van der Waals surface area contributed by atoms with Crippen molar-refractivity contribution in [1.29, 1.82) is 0 Å². The molecule has 1 unspecified atom stereocenters. The van der Waals surface area contributed by atoms with E-state index in [-0.39, 0.29) is 0 Å². The number of allylic oxidation sites excluding steroid dienone is 1. The normalized spacial score (nSPS) is 21.4. The Bertz CT molecular complexity index is 348. The van der Waals surface area contributed by atoms with E-state index in [2.05, 4.69) is 70.3 Å². The molecule has 14 heavy (non-hydrogen) atoms. The summed E-state index contributed by atoms with van der Waals surface area (Å²) in [6.07, 6.45) is 2.24. The maximum absolute atomic E-state index is 2.68. The Hall–Kier alpha value is -0.921. The monoisotopic (exact) mass is 254 g/mol. The molecule has 0 amide bonds. The number of hydrogen-bond acceptors (Lipinski definition) is 2. The van der Waals surface area contributed by atoms with Gasteiger partial charge >= 0.3 is 92.7 Å². The van der Waals surface area contributed by atoms with Gasteiger partial charge in [0.05, 0.1) is 0 Å². The van der Waals surface area contributed by atoms with Crippen LogP contribution < -0.4 is 5.01 Å². The van der Waals surface area contributed by atoms with Crippen LogP contribution >= 0.6 is 0 Å². The van der Waals surface area contributed by atoms with Crippen molar-refractivity contribution in [1.82, 2.24) is 5.01 Å². The zero-order valence-electron chi connectivity index (χ0n) is 8.38. The zero-order chi connectivity index (χ0) is 10.1. The molecule has 1 heterocycles. The van der Waals surface area contributed by atoms with Crippen LogP contribution in [0.3, 0.4) is 0 Å². The van der Waals surface area contributed by atoms with Gasteiger partial charge in [0, 0.05) is 0 Å². The van der Waals surface area contributed by atoms with Crippen molar-refractivity contribution in [3.8, 4) is 0 Å². The molecule has 2 rings (SSSR count). The van der Waals surface area contributed by atoms with Crippen LogP contribution in [0.5, 0.6) is 0 Å². The van der Waals surface area contributed by atoms with Crippen molar-refractivity contribution < 1.29 is 0 Å². The second-order valence-electron chi connectivity index (χ2n) is 3.43. The predicted octanol–water partition coefficient (Wildman–Crippen LogP) is 1.48. The summed E-state index contributed by atoms with van der Waals surface area (Å²) in [4.78, 5) is 0.384. The van der Waals surface area contributed by atoms with E-state index in [1.165, 1.54) is 11.4 Å². The quantitative estimate of drug-likeness (QED) is 0.699. The van der Waals surface area contributed by atoms with Gasteiger partial charge in [0.25, 0.3) is 0 Å². The molecule has 1 aromatic carbocycles. The third-order valence-electron chi connectivity index (χ3n) is 2.50. The number of hydrogen-bond donors (Lipinski definition) is 0. The molecule has 74 valence electrons. The zero-order valence-corrected chi connectivity index (χ0v) is 10.3. The van der Waals surface area contributed by atoms with Crippen molar-refractivity contribution >= 4 is 21.7 Å². The summed E-state index contributed by atoms with van der Waals surface area (Å²) in [7, 11) is 2.09. The number of anilines is 1. The van der Waals surface area contributed by atoms with E-state index in [1.54, 1.807) is 0 Å². The average Bonchev–Trinajstić information content (AvgIpc) is 2.43. The molecule has 1 aromatic rings. The molecular formula is C11H14N2Se. The summed E-state index contributed by atoms with van der Waals surface area (Å²) >= 11 is 2.68. The minimum atomic E-state index is 0.384. The van der Waals surface area contributed by atoms with Crippen LogP contribution in [0.25, 0.3) is 0 Å². The Morgan fingerprint density at radius 1 is 1.21 bits per heavy atom. The molecule has 0 saturated carbocycles. The van der Waals surface area contributed by atoms with E-state index in [4.69, 9.17) is 0 Å². The number of nitrogens with zero attached hydrogens (tertiary/aromatic N) is 2. The molecule has 0 bridgehead atoms. The molecular weight excluding hydrogens is 239 g/mol. The fourth-order valence-electron chi connectivity index (χ4n) is 1.65. The second-order valence-corrected chi connectivity index (χ2v) is 4.54. The number of para-hydroxylation sites is 1. The summed E-state index contributed by atoms with van der Waals surface area (Å²) in [6, 6.07) is 10.4. The molecule has 0 spiro atoms. The fourth-order valence-corrected chi connectivity index (χ4v) is 2.71. The van der Waals surface area contributed by atoms with Crippen LogP contribution in [0.1, 0.15) is 6.92 Å². The molecule has 1 atom stereocenters. The van der Waals surface area contributed by atoms with Crippen LogP contribution in [-0.4, -0.2) is 33.0 Å². The first-order valence-corrected chi connectivity index (χ1v) is 5.73. The second kappa shape index (κ2) is 3.68.